The Morgan fingerprint density at radius 1 is 1.36 bits per heavy atom. The van der Waals surface area contributed by atoms with Crippen LogP contribution in [0.3, 0.4) is 0 Å². The number of ether oxygens (including phenoxy) is 1. The third-order valence-electron chi connectivity index (χ3n) is 1.55. The predicted molar refractivity (Wildman–Crippen MR) is 52.1 cm³/mol. The highest BCUT2D eigenvalue weighted by molar-refractivity contribution is 5.90. The van der Waals surface area contributed by atoms with Crippen LogP contribution in [-0.4, -0.2) is 12.3 Å². The van der Waals surface area contributed by atoms with Crippen LogP contribution < -0.4 is 0 Å². The highest BCUT2D eigenvalue weighted by Gasteiger charge is 2.06. The van der Waals surface area contributed by atoms with Gasteiger partial charge in [-0.3, -0.25) is 4.79 Å². The molecule has 0 aliphatic rings. The number of allylic oxidation sites excluding steroid dienone is 1. The molecule has 14 heavy (non-hydrogen) atoms. The zero-order valence-electron chi connectivity index (χ0n) is 7.82. The Morgan fingerprint density at radius 2 is 1.93 bits per heavy atom. The normalized spacial score (nSPS) is 9.21. The molecular weight excluding hydrogens is 180 g/mol. The molecule has 0 heterocycles. The van der Waals surface area contributed by atoms with Crippen molar-refractivity contribution < 1.29 is 14.3 Å². The van der Waals surface area contributed by atoms with Crippen molar-refractivity contribution >= 4 is 12.3 Å². The summed E-state index contributed by atoms with van der Waals surface area (Å²) >= 11 is 0. The standard InChI is InChI=1S/C11H10O3/c1-8(2)14-11(13)10-5-3-9(7-12)4-6-10/h3-7H,1H2,2H3. The van der Waals surface area contributed by atoms with Crippen LogP contribution in [0.15, 0.2) is 36.6 Å². The van der Waals surface area contributed by atoms with Crippen LogP contribution in [0.25, 0.3) is 0 Å². The lowest BCUT2D eigenvalue weighted by Gasteiger charge is -2.02. The number of aldehydes is 1. The summed E-state index contributed by atoms with van der Waals surface area (Å²) < 4.78 is 4.79. The first kappa shape index (κ1) is 10.2. The van der Waals surface area contributed by atoms with E-state index in [1.807, 2.05) is 0 Å². The van der Waals surface area contributed by atoms with Gasteiger partial charge in [-0.2, -0.15) is 0 Å². The van der Waals surface area contributed by atoms with Gasteiger partial charge >= 0.3 is 5.97 Å². The Labute approximate surface area is 82.0 Å². The van der Waals surface area contributed by atoms with Gasteiger partial charge in [-0.25, -0.2) is 4.79 Å². The summed E-state index contributed by atoms with van der Waals surface area (Å²) in [7, 11) is 0. The SMILES string of the molecule is C=C(C)OC(=O)c1ccc(C=O)cc1. The van der Waals surface area contributed by atoms with Gasteiger partial charge in [0.25, 0.3) is 0 Å². The summed E-state index contributed by atoms with van der Waals surface area (Å²) in [6.07, 6.45) is 0.716. The van der Waals surface area contributed by atoms with Crippen molar-refractivity contribution in [3.05, 3.63) is 47.7 Å². The van der Waals surface area contributed by atoms with E-state index in [0.717, 1.165) is 0 Å². The van der Waals surface area contributed by atoms with Crippen LogP contribution >= 0.6 is 0 Å². The van der Waals surface area contributed by atoms with E-state index in [9.17, 15) is 9.59 Å². The zero-order valence-corrected chi connectivity index (χ0v) is 7.82. The van der Waals surface area contributed by atoms with Gasteiger partial charge in [-0.15, -0.1) is 0 Å². The Bertz CT molecular complexity index is 363. The summed E-state index contributed by atoms with van der Waals surface area (Å²) in [4.78, 5) is 21.6. The largest absolute Gasteiger partial charge is 0.428 e. The monoisotopic (exact) mass is 190 g/mol. The second kappa shape index (κ2) is 4.37. The molecule has 0 amide bonds. The molecule has 3 heteroatoms. The van der Waals surface area contributed by atoms with Crippen LogP contribution in [0.2, 0.25) is 0 Å². The lowest BCUT2D eigenvalue weighted by molar-refractivity contribution is 0.0627. The van der Waals surface area contributed by atoms with Crippen molar-refractivity contribution in [1.29, 1.82) is 0 Å². The first-order chi connectivity index (χ1) is 6.63. The molecule has 0 saturated heterocycles. The Morgan fingerprint density at radius 3 is 2.36 bits per heavy atom. The van der Waals surface area contributed by atoms with E-state index in [1.54, 1.807) is 19.1 Å². The smallest absolute Gasteiger partial charge is 0.343 e. The van der Waals surface area contributed by atoms with Gasteiger partial charge in [-0.05, 0) is 19.1 Å². The van der Waals surface area contributed by atoms with E-state index in [-0.39, 0.29) is 0 Å². The fraction of sp³-hybridized carbons (Fsp3) is 0.0909. The van der Waals surface area contributed by atoms with Crippen molar-refractivity contribution in [1.82, 2.24) is 0 Å². The van der Waals surface area contributed by atoms with Crippen molar-refractivity contribution in [2.75, 3.05) is 0 Å². The van der Waals surface area contributed by atoms with Crippen molar-refractivity contribution in [2.24, 2.45) is 0 Å². The molecule has 0 atom stereocenters. The van der Waals surface area contributed by atoms with Crippen LogP contribution in [0.1, 0.15) is 27.6 Å². The highest BCUT2D eigenvalue weighted by Crippen LogP contribution is 2.06. The van der Waals surface area contributed by atoms with E-state index >= 15 is 0 Å². The molecule has 0 aliphatic carbocycles. The van der Waals surface area contributed by atoms with Crippen molar-refractivity contribution in [3.63, 3.8) is 0 Å². The van der Waals surface area contributed by atoms with Crippen molar-refractivity contribution in [2.45, 2.75) is 6.92 Å². The third kappa shape index (κ3) is 2.55. The quantitative estimate of drug-likeness (QED) is 0.417. The highest BCUT2D eigenvalue weighted by atomic mass is 16.5. The third-order valence-corrected chi connectivity index (χ3v) is 1.55. The Hall–Kier alpha value is -1.90. The van der Waals surface area contributed by atoms with E-state index in [2.05, 4.69) is 6.58 Å². The Kier molecular flexibility index (Phi) is 3.18. The van der Waals surface area contributed by atoms with Crippen molar-refractivity contribution in [3.8, 4) is 0 Å². The lowest BCUT2D eigenvalue weighted by Crippen LogP contribution is -2.02. The van der Waals surface area contributed by atoms with Gasteiger partial charge < -0.3 is 4.74 Å². The molecule has 0 bridgehead atoms. The maximum Gasteiger partial charge on any atom is 0.343 e. The molecule has 0 radical (unpaired) electrons. The molecular formula is C11H10O3. The average Bonchev–Trinajstić information content (AvgIpc) is 2.17. The fourth-order valence-electron chi connectivity index (χ4n) is 0.915. The van der Waals surface area contributed by atoms with Crippen LogP contribution in [-0.2, 0) is 4.74 Å². The molecule has 1 aromatic carbocycles. The molecule has 0 spiro atoms. The molecule has 1 aromatic rings. The molecule has 0 fully saturated rings. The summed E-state index contributed by atoms with van der Waals surface area (Å²) in [6.45, 7) is 5.05. The average molecular weight is 190 g/mol. The van der Waals surface area contributed by atoms with E-state index in [4.69, 9.17) is 4.74 Å². The van der Waals surface area contributed by atoms with E-state index in [0.29, 0.717) is 23.2 Å². The number of hydrogen-bond donors (Lipinski definition) is 0. The summed E-state index contributed by atoms with van der Waals surface area (Å²) in [6, 6.07) is 6.19. The minimum Gasteiger partial charge on any atom is -0.428 e. The fourth-order valence-corrected chi connectivity index (χ4v) is 0.915. The summed E-state index contributed by atoms with van der Waals surface area (Å²) in [5, 5.41) is 0. The zero-order chi connectivity index (χ0) is 10.6. The topological polar surface area (TPSA) is 43.4 Å². The first-order valence-corrected chi connectivity index (χ1v) is 4.06. The van der Waals surface area contributed by atoms with Crippen LogP contribution in [0, 0.1) is 0 Å². The number of carbonyl (C=O) groups excluding carboxylic acids is 2. The molecule has 72 valence electrons. The molecule has 3 nitrogen and oxygen atoms in total. The molecule has 0 unspecified atom stereocenters. The van der Waals surface area contributed by atoms with Gasteiger partial charge in [0.15, 0.2) is 0 Å². The number of benzene rings is 1. The number of esters is 1. The lowest BCUT2D eigenvalue weighted by atomic mass is 10.1. The molecule has 0 aliphatic heterocycles. The number of hydrogen-bond acceptors (Lipinski definition) is 3. The Balaban J connectivity index is 2.81. The van der Waals surface area contributed by atoms with Crippen LogP contribution in [0.4, 0.5) is 0 Å². The maximum absolute atomic E-state index is 11.3. The second-order valence-electron chi connectivity index (χ2n) is 2.83. The van der Waals surface area contributed by atoms with E-state index in [1.165, 1.54) is 12.1 Å². The number of rotatable bonds is 3. The summed E-state index contributed by atoms with van der Waals surface area (Å²) in [5.74, 6) is -0.121. The molecule has 0 N–H and O–H groups in total. The van der Waals surface area contributed by atoms with Gasteiger partial charge in [-0.1, -0.05) is 18.7 Å². The second-order valence-corrected chi connectivity index (χ2v) is 2.83. The first-order valence-electron chi connectivity index (χ1n) is 4.06. The summed E-state index contributed by atoms with van der Waals surface area (Å²) in [5.41, 5.74) is 0.926. The molecule has 0 saturated carbocycles. The molecule has 1 rings (SSSR count). The van der Waals surface area contributed by atoms with Gasteiger partial charge in [0, 0.05) is 5.56 Å². The van der Waals surface area contributed by atoms with Gasteiger partial charge in [0.1, 0.15) is 6.29 Å². The van der Waals surface area contributed by atoms with E-state index < -0.39 is 5.97 Å². The number of carbonyl (C=O) groups is 2. The molecule has 0 aromatic heterocycles. The van der Waals surface area contributed by atoms with Gasteiger partial charge in [0.05, 0.1) is 11.3 Å². The van der Waals surface area contributed by atoms with Gasteiger partial charge in [0.2, 0.25) is 0 Å². The van der Waals surface area contributed by atoms with Crippen LogP contribution in [0.5, 0.6) is 0 Å². The minimum atomic E-state index is -0.463. The minimum absolute atomic E-state index is 0.342. The maximum atomic E-state index is 11.3. The predicted octanol–water partition coefficient (Wildman–Crippen LogP) is 2.19.